The van der Waals surface area contributed by atoms with E-state index in [-0.39, 0.29) is 18.0 Å². The monoisotopic (exact) mass is 882 g/mol. The minimum atomic E-state index is -4.92. The topological polar surface area (TPSA) is 95.2 Å². The van der Waals surface area contributed by atoms with Gasteiger partial charge >= 0.3 is 6.36 Å². The summed E-state index contributed by atoms with van der Waals surface area (Å²) in [5.74, 6) is 1.81. The fraction of sp³-hybridized carbons (Fsp3) is 0.314. The number of para-hydroxylation sites is 2. The van der Waals surface area contributed by atoms with Crippen LogP contribution in [-0.4, -0.2) is 75.4 Å². The van der Waals surface area contributed by atoms with Crippen molar-refractivity contribution < 1.29 is 27.8 Å². The number of phenolic OH excluding ortho intramolecular Hbond substituents is 1. The lowest BCUT2D eigenvalue weighted by molar-refractivity contribution is -0.274. The van der Waals surface area contributed by atoms with Crippen molar-refractivity contribution in [3.8, 4) is 11.5 Å². The highest BCUT2D eigenvalue weighted by Crippen LogP contribution is 2.47. The van der Waals surface area contributed by atoms with Gasteiger partial charge in [-0.2, -0.15) is 5.10 Å². The van der Waals surface area contributed by atoms with Gasteiger partial charge in [0.15, 0.2) is 5.16 Å². The molecule has 1 aliphatic carbocycles. The quantitative estimate of drug-likeness (QED) is 0.0926. The number of fused-ring (bicyclic) bond motifs is 4. The van der Waals surface area contributed by atoms with E-state index in [1.54, 1.807) is 11.8 Å². The number of aromatic hydroxyl groups is 1. The lowest BCUT2D eigenvalue weighted by Gasteiger charge is -2.43. The number of alkyl halides is 3. The van der Waals surface area contributed by atoms with Crippen LogP contribution in [-0.2, 0) is 13.0 Å². The van der Waals surface area contributed by atoms with Crippen LogP contribution < -0.4 is 15.0 Å². The number of rotatable bonds is 12. The number of aryl methyl sites for hydroxylation is 1. The van der Waals surface area contributed by atoms with Gasteiger partial charge in [0.25, 0.3) is 5.91 Å². The highest BCUT2D eigenvalue weighted by Gasteiger charge is 2.35. The largest absolute Gasteiger partial charge is 0.573 e. The first kappa shape index (κ1) is 41.9. The van der Waals surface area contributed by atoms with E-state index < -0.39 is 18.0 Å². The number of aromatic nitrogens is 3. The van der Waals surface area contributed by atoms with Gasteiger partial charge in [-0.05, 0) is 114 Å². The Bertz CT molecular complexity index is 2770. The lowest BCUT2D eigenvalue weighted by Crippen LogP contribution is -2.50. The predicted octanol–water partition coefficient (Wildman–Crippen LogP) is 10.2. The first-order valence-electron chi connectivity index (χ1n) is 22.1. The minimum absolute atomic E-state index is 0.0147. The van der Waals surface area contributed by atoms with Gasteiger partial charge < -0.3 is 25.0 Å². The molecule has 10 rings (SSSR count). The highest BCUT2D eigenvalue weighted by atomic mass is 32.2. The molecule has 13 heteroatoms. The summed E-state index contributed by atoms with van der Waals surface area (Å²) in [7, 11) is 0. The number of likely N-dealkylation sites (tertiary alicyclic amines) is 1. The van der Waals surface area contributed by atoms with Gasteiger partial charge in [-0.3, -0.25) is 4.79 Å². The molecule has 2 saturated heterocycles. The standard InChI is InChI=1S/C51H49F3N6O3S/c52-51(53,54)63-47-13-7-5-11-44(47)49(62)55-28-38-27-46-43-10-4-6-12-45(43)56-50(60(46)57-38)64-32-34-30-58(31-34)29-33-22-24-59(25-23-33)39-17-14-36(15-18-39)48-41(35-8-2-1-3-9-35)20-16-37-26-40(61)19-21-42(37)48/h1-15,17-19,21,26-27,33-34,41,48,61H,16,20,22-25,28-32H2,(H,55,62)/t41-,48+/m1/s1. The second-order valence-corrected chi connectivity index (χ2v) is 18.4. The van der Waals surface area contributed by atoms with Crippen LogP contribution in [0.25, 0.3) is 16.4 Å². The van der Waals surface area contributed by atoms with E-state index in [1.165, 1.54) is 59.0 Å². The number of hydrogen-bond acceptors (Lipinski definition) is 8. The second kappa shape index (κ2) is 17.8. The number of carbonyl (C=O) groups excluding carboxylic acids is 1. The Morgan fingerprint density at radius 3 is 2.38 bits per heavy atom. The third kappa shape index (κ3) is 9.01. The fourth-order valence-electron chi connectivity index (χ4n) is 10.1. The molecule has 2 aromatic heterocycles. The van der Waals surface area contributed by atoms with E-state index in [1.807, 2.05) is 47.0 Å². The summed E-state index contributed by atoms with van der Waals surface area (Å²) in [6.07, 6.45) is -0.564. The molecule has 3 aliphatic rings. The third-order valence-corrected chi connectivity index (χ3v) is 14.3. The summed E-state index contributed by atoms with van der Waals surface area (Å²) in [6.45, 7) is 5.33. The number of thioether (sulfide) groups is 1. The molecule has 328 valence electrons. The van der Waals surface area contributed by atoms with Crippen LogP contribution in [0.4, 0.5) is 18.9 Å². The van der Waals surface area contributed by atoms with Crippen LogP contribution in [0.2, 0.25) is 0 Å². The van der Waals surface area contributed by atoms with Gasteiger partial charge in [0.05, 0.1) is 28.8 Å². The van der Waals surface area contributed by atoms with E-state index in [0.717, 1.165) is 79.0 Å². The summed E-state index contributed by atoms with van der Waals surface area (Å²) in [5, 5.41) is 19.4. The number of nitrogens with zero attached hydrogens (tertiary/aromatic N) is 5. The van der Waals surface area contributed by atoms with Crippen molar-refractivity contribution in [1.29, 1.82) is 0 Å². The second-order valence-electron chi connectivity index (χ2n) is 17.4. The summed E-state index contributed by atoms with van der Waals surface area (Å²) < 4.78 is 44.8. The highest BCUT2D eigenvalue weighted by molar-refractivity contribution is 7.99. The van der Waals surface area contributed by atoms with Gasteiger partial charge in [-0.15, -0.1) is 13.2 Å². The zero-order chi connectivity index (χ0) is 43.8. The van der Waals surface area contributed by atoms with Crippen molar-refractivity contribution >= 4 is 39.8 Å². The molecule has 2 aliphatic heterocycles. The van der Waals surface area contributed by atoms with Crippen LogP contribution in [0.5, 0.6) is 11.5 Å². The fourth-order valence-corrected chi connectivity index (χ4v) is 11.1. The molecular formula is C51H49F3N6O3S. The summed E-state index contributed by atoms with van der Waals surface area (Å²) in [6, 6.07) is 41.1. The van der Waals surface area contributed by atoms with Gasteiger partial charge in [0.2, 0.25) is 0 Å². The minimum Gasteiger partial charge on any atom is -0.508 e. The van der Waals surface area contributed by atoms with E-state index in [4.69, 9.17) is 10.1 Å². The molecule has 1 amide bonds. The van der Waals surface area contributed by atoms with Gasteiger partial charge in [0.1, 0.15) is 11.5 Å². The maximum atomic E-state index is 13.0. The molecule has 64 heavy (non-hydrogen) atoms. The number of anilines is 1. The maximum absolute atomic E-state index is 13.0. The molecular weight excluding hydrogens is 834 g/mol. The van der Waals surface area contributed by atoms with Crippen molar-refractivity contribution in [3.63, 3.8) is 0 Å². The number of benzene rings is 5. The maximum Gasteiger partial charge on any atom is 0.573 e. The first-order valence-corrected chi connectivity index (χ1v) is 23.1. The SMILES string of the molecule is O=C(NCc1cc2c3ccccc3nc(SCC3CN(CC4CCN(c5ccc([C@@H]6c7ccc(O)cc7CC[C@@H]6c6ccccc6)cc5)CC4)C3)n2n1)c1ccccc1OC(F)(F)F. The number of ether oxygens (including phenoxy) is 1. The number of halogens is 3. The normalized spacial score (nSPS) is 18.5. The molecule has 2 atom stereocenters. The molecule has 9 nitrogen and oxygen atoms in total. The van der Waals surface area contributed by atoms with Crippen LogP contribution in [0, 0.1) is 11.8 Å². The number of phenols is 1. The molecule has 0 spiro atoms. The first-order chi connectivity index (χ1) is 31.1. The number of amides is 1. The van der Waals surface area contributed by atoms with Gasteiger partial charge in [-0.1, -0.05) is 90.6 Å². The van der Waals surface area contributed by atoms with Crippen molar-refractivity contribution in [2.75, 3.05) is 43.4 Å². The van der Waals surface area contributed by atoms with Gasteiger partial charge in [0, 0.05) is 55.5 Å². The summed E-state index contributed by atoms with van der Waals surface area (Å²) in [5.41, 5.74) is 8.60. The van der Waals surface area contributed by atoms with Gasteiger partial charge in [-0.25, -0.2) is 9.50 Å². The van der Waals surface area contributed by atoms with E-state index >= 15 is 0 Å². The summed E-state index contributed by atoms with van der Waals surface area (Å²) >= 11 is 1.68. The number of piperidine rings is 1. The lowest BCUT2D eigenvalue weighted by atomic mass is 9.69. The Balaban J connectivity index is 0.727. The molecule has 0 radical (unpaired) electrons. The number of nitrogens with one attached hydrogen (secondary N) is 1. The molecule has 7 aromatic rings. The third-order valence-electron chi connectivity index (χ3n) is 13.2. The van der Waals surface area contributed by atoms with E-state index in [0.29, 0.717) is 29.2 Å². The van der Waals surface area contributed by atoms with Crippen LogP contribution >= 0.6 is 11.8 Å². The molecule has 2 fully saturated rings. The number of hydrogen-bond donors (Lipinski definition) is 2. The van der Waals surface area contributed by atoms with E-state index in [2.05, 4.69) is 80.5 Å². The van der Waals surface area contributed by atoms with Crippen molar-refractivity contribution in [1.82, 2.24) is 24.8 Å². The Morgan fingerprint density at radius 2 is 1.58 bits per heavy atom. The zero-order valence-corrected chi connectivity index (χ0v) is 36.1. The molecule has 4 heterocycles. The predicted molar refractivity (Wildman–Crippen MR) is 244 cm³/mol. The van der Waals surface area contributed by atoms with Crippen molar-refractivity contribution in [2.24, 2.45) is 11.8 Å². The van der Waals surface area contributed by atoms with E-state index in [9.17, 15) is 23.1 Å². The molecule has 0 saturated carbocycles. The smallest absolute Gasteiger partial charge is 0.508 e. The molecule has 5 aromatic carbocycles. The number of carbonyl (C=O) groups is 1. The Hall–Kier alpha value is -6.05. The molecule has 0 bridgehead atoms. The average molecular weight is 883 g/mol. The van der Waals surface area contributed by atoms with Crippen LogP contribution in [0.1, 0.15) is 69.4 Å². The van der Waals surface area contributed by atoms with Crippen LogP contribution in [0.3, 0.4) is 0 Å². The van der Waals surface area contributed by atoms with Crippen molar-refractivity contribution in [2.45, 2.75) is 55.6 Å². The average Bonchev–Trinajstić information content (AvgIpc) is 3.74. The summed E-state index contributed by atoms with van der Waals surface area (Å²) in [4.78, 5) is 23.1. The Kier molecular flexibility index (Phi) is 11.7. The van der Waals surface area contributed by atoms with Crippen molar-refractivity contribution in [3.05, 3.63) is 161 Å². The molecule has 0 unspecified atom stereocenters. The Morgan fingerprint density at radius 1 is 0.828 bits per heavy atom. The zero-order valence-electron chi connectivity index (χ0n) is 35.3. The van der Waals surface area contributed by atoms with Crippen LogP contribution in [0.15, 0.2) is 133 Å². The molecule has 2 N–H and O–H groups in total. The Labute approximate surface area is 374 Å².